The second-order valence-electron chi connectivity index (χ2n) is 9.81. The van der Waals surface area contributed by atoms with Gasteiger partial charge in [-0.15, -0.1) is 11.6 Å². The van der Waals surface area contributed by atoms with Gasteiger partial charge in [-0.25, -0.2) is 0 Å². The summed E-state index contributed by atoms with van der Waals surface area (Å²) in [6.45, 7) is 15.8. The van der Waals surface area contributed by atoms with Crippen LogP contribution in [0.2, 0.25) is 0 Å². The van der Waals surface area contributed by atoms with Crippen LogP contribution < -0.4 is 0 Å². The average Bonchev–Trinajstić information content (AvgIpc) is 3.05. The van der Waals surface area contributed by atoms with Gasteiger partial charge in [0, 0.05) is 19.1 Å². The van der Waals surface area contributed by atoms with Gasteiger partial charge < -0.3 is 56.8 Å². The number of halogens is 1. The highest BCUT2D eigenvalue weighted by Gasteiger charge is 1.97. The van der Waals surface area contributed by atoms with Crippen LogP contribution in [0.25, 0.3) is 0 Å². The van der Waals surface area contributed by atoms with E-state index >= 15 is 0 Å². The number of hydrogen-bond donors (Lipinski definition) is 0. The molecule has 0 aromatic heterocycles. The van der Waals surface area contributed by atoms with Crippen molar-refractivity contribution < 1.29 is 56.8 Å². The van der Waals surface area contributed by atoms with Gasteiger partial charge >= 0.3 is 0 Å². The zero-order valence-corrected chi connectivity index (χ0v) is 29.0. The first-order valence-corrected chi connectivity index (χ1v) is 17.4. The lowest BCUT2D eigenvalue weighted by Gasteiger charge is -2.09. The Morgan fingerprint density at radius 3 is 0.667 bits per heavy atom. The van der Waals surface area contributed by atoms with E-state index in [1.165, 1.54) is 12.8 Å². The lowest BCUT2D eigenvalue weighted by atomic mass is 10.2. The van der Waals surface area contributed by atoms with Crippen LogP contribution in [0, 0.1) is 0 Å². The minimum Gasteiger partial charge on any atom is -0.379 e. The lowest BCUT2D eigenvalue weighted by Crippen LogP contribution is -2.15. The second-order valence-corrected chi connectivity index (χ2v) is 10.2. The molecule has 13 heteroatoms. The molecule has 0 aliphatic carbocycles. The molecule has 0 rings (SSSR count). The third kappa shape index (κ3) is 43.8. The summed E-state index contributed by atoms with van der Waals surface area (Å²) in [6, 6.07) is 0. The predicted molar refractivity (Wildman–Crippen MR) is 174 cm³/mol. The minimum absolute atomic E-state index is 0.518. The van der Waals surface area contributed by atoms with E-state index in [1.807, 2.05) is 0 Å². The fourth-order valence-electron chi connectivity index (χ4n) is 3.42. The lowest BCUT2D eigenvalue weighted by molar-refractivity contribution is -0.0283. The van der Waals surface area contributed by atoms with Crippen molar-refractivity contribution in [2.45, 2.75) is 45.4 Å². The monoisotopic (exact) mass is 676 g/mol. The highest BCUT2D eigenvalue weighted by Crippen LogP contribution is 2.01. The molecule has 45 heavy (non-hydrogen) atoms. The Bertz CT molecular complexity index is 469. The number of rotatable bonds is 42. The molecule has 0 aliphatic heterocycles. The minimum atomic E-state index is 0.518. The summed E-state index contributed by atoms with van der Waals surface area (Å²) in [7, 11) is 0. The number of ether oxygens (including phenoxy) is 12. The summed E-state index contributed by atoms with van der Waals surface area (Å²) >= 11 is 5.65. The van der Waals surface area contributed by atoms with E-state index in [4.69, 9.17) is 68.4 Å². The number of unbranched alkanes of at least 4 members (excludes halogenated alkanes) is 4. The zero-order chi connectivity index (χ0) is 32.4. The molecule has 0 fully saturated rings. The second kappa shape index (κ2) is 43.8. The van der Waals surface area contributed by atoms with Crippen molar-refractivity contribution >= 4 is 11.6 Å². The summed E-state index contributed by atoms with van der Waals surface area (Å²) < 4.78 is 65.7. The van der Waals surface area contributed by atoms with Gasteiger partial charge in [0.05, 0.1) is 145 Å². The molecule has 272 valence electrons. The van der Waals surface area contributed by atoms with Gasteiger partial charge in [-0.05, 0) is 19.3 Å². The molecule has 0 spiro atoms. The third-order valence-corrected chi connectivity index (χ3v) is 6.17. The molecule has 0 bridgehead atoms. The van der Waals surface area contributed by atoms with Crippen LogP contribution in [-0.2, 0) is 56.8 Å². The van der Waals surface area contributed by atoms with Gasteiger partial charge in [0.25, 0.3) is 0 Å². The van der Waals surface area contributed by atoms with Crippen LogP contribution >= 0.6 is 11.6 Å². The van der Waals surface area contributed by atoms with Crippen molar-refractivity contribution in [3.05, 3.63) is 0 Å². The Hall–Kier alpha value is -0.190. The smallest absolute Gasteiger partial charge is 0.0701 e. The van der Waals surface area contributed by atoms with Crippen molar-refractivity contribution in [3.8, 4) is 0 Å². The van der Waals surface area contributed by atoms with Gasteiger partial charge in [-0.3, -0.25) is 0 Å². The SMILES string of the molecule is CCCCOCCOCCOCCOCCOCCOCCOCCOCCOCCOCCOCCOCCCCCCCl. The number of hydrogen-bond acceptors (Lipinski definition) is 12. The van der Waals surface area contributed by atoms with Gasteiger partial charge in [0.1, 0.15) is 0 Å². The van der Waals surface area contributed by atoms with Crippen LogP contribution in [0.3, 0.4) is 0 Å². The first-order chi connectivity index (χ1) is 22.4. The summed E-state index contributed by atoms with van der Waals surface area (Å²) in [5.74, 6) is 0.745. The third-order valence-electron chi connectivity index (χ3n) is 5.91. The van der Waals surface area contributed by atoms with E-state index < -0.39 is 0 Å². The Labute approximate surface area is 278 Å². The molecule has 0 saturated carbocycles. The molecule has 0 heterocycles. The van der Waals surface area contributed by atoms with Crippen LogP contribution in [0.5, 0.6) is 0 Å². The van der Waals surface area contributed by atoms with Crippen LogP contribution in [0.15, 0.2) is 0 Å². The fraction of sp³-hybridized carbons (Fsp3) is 1.00. The van der Waals surface area contributed by atoms with Gasteiger partial charge in [0.15, 0.2) is 0 Å². The van der Waals surface area contributed by atoms with Crippen LogP contribution in [0.1, 0.15) is 45.4 Å². The van der Waals surface area contributed by atoms with Crippen molar-refractivity contribution in [2.24, 2.45) is 0 Å². The molecular formula is C32H65ClO12. The summed E-state index contributed by atoms with van der Waals surface area (Å²) in [6.07, 6.45) is 6.75. The maximum absolute atomic E-state index is 5.65. The molecule has 0 unspecified atom stereocenters. The van der Waals surface area contributed by atoms with E-state index in [2.05, 4.69) is 6.92 Å². The maximum Gasteiger partial charge on any atom is 0.0701 e. The molecule has 12 nitrogen and oxygen atoms in total. The van der Waals surface area contributed by atoms with Crippen molar-refractivity contribution in [1.82, 2.24) is 0 Å². The quantitative estimate of drug-likeness (QED) is 0.0693. The Morgan fingerprint density at radius 1 is 0.244 bits per heavy atom. The summed E-state index contributed by atoms with van der Waals surface area (Å²) in [5, 5.41) is 0. The van der Waals surface area contributed by atoms with Crippen molar-refractivity contribution in [2.75, 3.05) is 164 Å². The first kappa shape index (κ1) is 44.8. The predicted octanol–water partition coefficient (Wildman–Crippen LogP) is 3.78. The largest absolute Gasteiger partial charge is 0.379 e. The van der Waals surface area contributed by atoms with E-state index in [-0.39, 0.29) is 0 Å². The van der Waals surface area contributed by atoms with E-state index in [1.54, 1.807) is 0 Å². The molecule has 0 saturated heterocycles. The highest BCUT2D eigenvalue weighted by atomic mass is 35.5. The normalized spacial score (nSPS) is 11.6. The topological polar surface area (TPSA) is 111 Å². The van der Waals surface area contributed by atoms with Crippen molar-refractivity contribution in [1.29, 1.82) is 0 Å². The van der Waals surface area contributed by atoms with Gasteiger partial charge in [-0.1, -0.05) is 26.2 Å². The Balaban J connectivity index is 3.03. The zero-order valence-electron chi connectivity index (χ0n) is 28.2. The molecular weight excluding hydrogens is 612 g/mol. The molecule has 0 atom stereocenters. The van der Waals surface area contributed by atoms with E-state index in [9.17, 15) is 0 Å². The molecule has 0 amide bonds. The average molecular weight is 677 g/mol. The van der Waals surface area contributed by atoms with E-state index in [0.29, 0.717) is 145 Å². The Morgan fingerprint density at radius 2 is 0.444 bits per heavy atom. The van der Waals surface area contributed by atoms with Crippen LogP contribution in [0.4, 0.5) is 0 Å². The highest BCUT2D eigenvalue weighted by molar-refractivity contribution is 6.17. The van der Waals surface area contributed by atoms with E-state index in [0.717, 1.165) is 44.8 Å². The standard InChI is InChI=1S/C32H65ClO12/c1-2-3-9-34-11-13-36-15-17-38-19-21-40-23-25-42-27-29-44-31-32-45-30-28-43-26-24-41-22-20-39-18-16-37-14-12-35-10-7-5-4-6-8-33/h2-32H2,1H3. The summed E-state index contributed by atoms with van der Waals surface area (Å²) in [4.78, 5) is 0. The summed E-state index contributed by atoms with van der Waals surface area (Å²) in [5.41, 5.74) is 0. The molecule has 0 radical (unpaired) electrons. The molecule has 0 aliphatic rings. The fourth-order valence-corrected chi connectivity index (χ4v) is 3.61. The van der Waals surface area contributed by atoms with Gasteiger partial charge in [-0.2, -0.15) is 0 Å². The molecule has 0 N–H and O–H groups in total. The van der Waals surface area contributed by atoms with Gasteiger partial charge in [0.2, 0.25) is 0 Å². The maximum atomic E-state index is 5.65. The number of alkyl halides is 1. The molecule has 0 aromatic carbocycles. The molecule has 0 aromatic rings. The Kier molecular flexibility index (Phi) is 43.6. The van der Waals surface area contributed by atoms with Crippen LogP contribution in [-0.4, -0.2) is 164 Å². The first-order valence-electron chi connectivity index (χ1n) is 16.9. The van der Waals surface area contributed by atoms with Crippen molar-refractivity contribution in [3.63, 3.8) is 0 Å².